The zero-order valence-corrected chi connectivity index (χ0v) is 29.5. The fraction of sp³-hybridized carbons (Fsp3) is 0.163. The lowest BCUT2D eigenvalue weighted by molar-refractivity contribution is 0.200. The van der Waals surface area contributed by atoms with Gasteiger partial charge in [-0.15, -0.1) is 0 Å². The van der Waals surface area contributed by atoms with E-state index in [0.717, 1.165) is 36.2 Å². The van der Waals surface area contributed by atoms with E-state index in [1.54, 1.807) is 42.7 Å². The lowest BCUT2D eigenvalue weighted by atomic mass is 10.1. The number of carbonyl (C=O) groups excluding carboxylic acids is 1. The van der Waals surface area contributed by atoms with Gasteiger partial charge < -0.3 is 28.4 Å². The number of hydrogen-bond acceptors (Lipinski definition) is 7. The molecule has 0 radical (unpaired) electrons. The number of furan rings is 1. The van der Waals surface area contributed by atoms with Gasteiger partial charge in [-0.05, 0) is 92.1 Å². The minimum atomic E-state index is -1.96. The first-order chi connectivity index (χ1) is 25.6. The summed E-state index contributed by atoms with van der Waals surface area (Å²) >= 11 is 0. The molecule has 1 N–H and O–H groups in total. The molecule has 5 aromatic carbocycles. The molecule has 0 unspecified atom stereocenters. The highest BCUT2D eigenvalue weighted by atomic mass is 31.2. The van der Waals surface area contributed by atoms with Crippen molar-refractivity contribution in [2.75, 3.05) is 25.9 Å². The molecule has 0 fully saturated rings. The quantitative estimate of drug-likeness (QED) is 0.0649. The normalized spacial score (nSPS) is 11.4. The van der Waals surface area contributed by atoms with E-state index in [1.807, 2.05) is 6.07 Å². The molecule has 2 aromatic heterocycles. The van der Waals surface area contributed by atoms with Crippen molar-refractivity contribution in [3.05, 3.63) is 156 Å². The molecule has 0 atom stereocenters. The standard InChI is InChI=1S/C43H38NO7P/c45-41-24-23-37-40(51-41)31-39-38(25-29-48-39)42(37)49-28-11-10-27-47-32-19-21-33(22-20-32)50-43(46)44-26-12-30-52(34-13-4-1-5-14-34,35-15-6-2-7-16-35)36-17-8-3-9-18-36/h1-9,13-25,29,31H,10-12,26-28,30H2/p+1. The van der Waals surface area contributed by atoms with Crippen molar-refractivity contribution in [1.29, 1.82) is 0 Å². The number of amides is 1. The first-order valence-electron chi connectivity index (χ1n) is 17.4. The minimum absolute atomic E-state index is 0.423. The van der Waals surface area contributed by atoms with Crippen LogP contribution >= 0.6 is 7.26 Å². The summed E-state index contributed by atoms with van der Waals surface area (Å²) in [7, 11) is -1.96. The van der Waals surface area contributed by atoms with Gasteiger partial charge >= 0.3 is 11.7 Å². The monoisotopic (exact) mass is 712 g/mol. The van der Waals surface area contributed by atoms with E-state index >= 15 is 0 Å². The van der Waals surface area contributed by atoms with Gasteiger partial charge in [-0.25, -0.2) is 9.59 Å². The molecule has 0 spiro atoms. The van der Waals surface area contributed by atoms with Crippen molar-refractivity contribution in [3.8, 4) is 17.2 Å². The topological polar surface area (TPSA) is 100 Å². The van der Waals surface area contributed by atoms with E-state index in [2.05, 4.69) is 96.3 Å². The number of ether oxygens (including phenoxy) is 3. The molecule has 8 nitrogen and oxygen atoms in total. The summed E-state index contributed by atoms with van der Waals surface area (Å²) in [5.74, 6) is 1.75. The van der Waals surface area contributed by atoms with Crippen LogP contribution in [0.25, 0.3) is 21.9 Å². The fourth-order valence-electron chi connectivity index (χ4n) is 6.47. The van der Waals surface area contributed by atoms with Crippen LogP contribution in [0.5, 0.6) is 17.2 Å². The van der Waals surface area contributed by atoms with Crippen LogP contribution in [0.15, 0.2) is 159 Å². The molecule has 9 heteroatoms. The third-order valence-corrected chi connectivity index (χ3v) is 13.5. The Morgan fingerprint density at radius 2 is 1.19 bits per heavy atom. The Morgan fingerprint density at radius 3 is 1.83 bits per heavy atom. The highest BCUT2D eigenvalue weighted by Crippen LogP contribution is 2.55. The molecule has 0 saturated heterocycles. The summed E-state index contributed by atoms with van der Waals surface area (Å²) in [5.41, 5.74) is 0.594. The van der Waals surface area contributed by atoms with E-state index in [4.69, 9.17) is 23.0 Å². The van der Waals surface area contributed by atoms with Crippen LogP contribution in [0.2, 0.25) is 0 Å². The van der Waals surface area contributed by atoms with Gasteiger partial charge in [0, 0.05) is 18.7 Å². The van der Waals surface area contributed by atoms with Crippen molar-refractivity contribution in [1.82, 2.24) is 5.32 Å². The summed E-state index contributed by atoms with van der Waals surface area (Å²) in [6.45, 7) is 1.44. The van der Waals surface area contributed by atoms with Crippen LogP contribution in [0.1, 0.15) is 19.3 Å². The van der Waals surface area contributed by atoms with Crippen LogP contribution in [0, 0.1) is 0 Å². The second-order valence-corrected chi connectivity index (χ2v) is 15.9. The Balaban J connectivity index is 0.875. The second kappa shape index (κ2) is 16.4. The minimum Gasteiger partial charge on any atom is -0.494 e. The molecule has 52 heavy (non-hydrogen) atoms. The summed E-state index contributed by atoms with van der Waals surface area (Å²) in [4.78, 5) is 24.5. The Kier molecular flexibility index (Phi) is 10.9. The maximum atomic E-state index is 12.8. The largest absolute Gasteiger partial charge is 0.494 e. The van der Waals surface area contributed by atoms with Crippen molar-refractivity contribution in [3.63, 3.8) is 0 Å². The maximum absolute atomic E-state index is 12.8. The average molecular weight is 713 g/mol. The molecular formula is C43H39NO7P+. The summed E-state index contributed by atoms with van der Waals surface area (Å²) in [6, 6.07) is 45.8. The van der Waals surface area contributed by atoms with E-state index in [1.165, 1.54) is 22.0 Å². The van der Waals surface area contributed by atoms with Crippen molar-refractivity contribution < 1.29 is 27.8 Å². The molecule has 1 amide bonds. The third kappa shape index (κ3) is 7.88. The van der Waals surface area contributed by atoms with E-state index in [9.17, 15) is 9.59 Å². The van der Waals surface area contributed by atoms with E-state index in [0.29, 0.717) is 48.2 Å². The predicted octanol–water partition coefficient (Wildman–Crippen LogP) is 8.25. The molecule has 262 valence electrons. The first kappa shape index (κ1) is 34.6. The van der Waals surface area contributed by atoms with Gasteiger partial charge in [0.15, 0.2) is 0 Å². The smallest absolute Gasteiger partial charge is 0.412 e. The molecular weight excluding hydrogens is 673 g/mol. The zero-order chi connectivity index (χ0) is 35.6. The SMILES string of the molecule is O=C(NCCC[P+](c1ccccc1)(c1ccccc1)c1ccccc1)Oc1ccc(OCCCCOc2c3ccoc3cc3oc(=O)ccc23)cc1. The van der Waals surface area contributed by atoms with Crippen LogP contribution in [-0.4, -0.2) is 32.0 Å². The zero-order valence-electron chi connectivity index (χ0n) is 28.6. The molecule has 0 aliphatic rings. The molecule has 7 rings (SSSR count). The number of benzene rings is 5. The molecule has 0 aliphatic carbocycles. The number of hydrogen-bond donors (Lipinski definition) is 1. The Morgan fingerprint density at radius 1 is 0.615 bits per heavy atom. The highest BCUT2D eigenvalue weighted by Gasteiger charge is 2.44. The van der Waals surface area contributed by atoms with Crippen LogP contribution < -0.4 is 41.1 Å². The summed E-state index contributed by atoms with van der Waals surface area (Å²) in [5, 5.41) is 8.45. The van der Waals surface area contributed by atoms with Crippen LogP contribution in [0.3, 0.4) is 0 Å². The summed E-state index contributed by atoms with van der Waals surface area (Å²) in [6.07, 6.45) is 4.30. The van der Waals surface area contributed by atoms with Gasteiger partial charge in [-0.3, -0.25) is 0 Å². The van der Waals surface area contributed by atoms with Crippen LogP contribution in [-0.2, 0) is 0 Å². The molecule has 0 aliphatic heterocycles. The van der Waals surface area contributed by atoms with E-state index < -0.39 is 19.0 Å². The maximum Gasteiger partial charge on any atom is 0.412 e. The number of carbonyl (C=O) groups is 1. The van der Waals surface area contributed by atoms with Gasteiger partial charge in [-0.1, -0.05) is 54.6 Å². The first-order valence-corrected chi connectivity index (χ1v) is 19.4. The fourth-order valence-corrected chi connectivity index (χ4v) is 10.8. The molecule has 0 bridgehead atoms. The second-order valence-electron chi connectivity index (χ2n) is 12.3. The Bertz CT molecular complexity index is 2170. The molecule has 7 aromatic rings. The van der Waals surface area contributed by atoms with Gasteiger partial charge in [0.1, 0.15) is 51.6 Å². The van der Waals surface area contributed by atoms with E-state index in [-0.39, 0.29) is 0 Å². The Hall–Kier alpha value is -5.85. The van der Waals surface area contributed by atoms with Crippen molar-refractivity contribution in [2.45, 2.75) is 19.3 Å². The van der Waals surface area contributed by atoms with Gasteiger partial charge in [0.25, 0.3) is 0 Å². The average Bonchev–Trinajstić information content (AvgIpc) is 3.66. The lowest BCUT2D eigenvalue weighted by Gasteiger charge is -2.27. The highest BCUT2D eigenvalue weighted by molar-refractivity contribution is 7.95. The number of rotatable bonds is 15. The predicted molar refractivity (Wildman–Crippen MR) is 208 cm³/mol. The number of nitrogens with one attached hydrogen (secondary N) is 1. The third-order valence-electron chi connectivity index (χ3n) is 8.93. The van der Waals surface area contributed by atoms with Crippen LogP contribution in [0.4, 0.5) is 4.79 Å². The molecule has 2 heterocycles. The summed E-state index contributed by atoms with van der Waals surface area (Å²) < 4.78 is 28.4. The van der Waals surface area contributed by atoms with Crippen molar-refractivity contribution in [2.24, 2.45) is 0 Å². The van der Waals surface area contributed by atoms with Gasteiger partial charge in [0.2, 0.25) is 0 Å². The Labute approximate surface area is 302 Å². The van der Waals surface area contributed by atoms with Crippen molar-refractivity contribution >= 4 is 51.2 Å². The number of fused-ring (bicyclic) bond motifs is 2. The van der Waals surface area contributed by atoms with Gasteiger partial charge in [-0.2, -0.15) is 0 Å². The lowest BCUT2D eigenvalue weighted by Crippen LogP contribution is -2.35. The molecule has 0 saturated carbocycles. The van der Waals surface area contributed by atoms with Gasteiger partial charge in [0.05, 0.1) is 36.4 Å². The number of unbranched alkanes of at least 4 members (excludes halogenated alkanes) is 1.